The van der Waals surface area contributed by atoms with E-state index in [1.807, 2.05) is 0 Å². The van der Waals surface area contributed by atoms with Gasteiger partial charge in [0.2, 0.25) is 0 Å². The van der Waals surface area contributed by atoms with Crippen LogP contribution in [-0.2, 0) is 11.2 Å². The van der Waals surface area contributed by atoms with Crippen LogP contribution in [-0.4, -0.2) is 42.8 Å². The second-order valence-corrected chi connectivity index (χ2v) is 7.86. The molecule has 2 aromatic carbocycles. The van der Waals surface area contributed by atoms with Crippen LogP contribution in [0.25, 0.3) is 0 Å². The lowest BCUT2D eigenvalue weighted by atomic mass is 10.1. The third kappa shape index (κ3) is 4.87. The monoisotopic (exact) mass is 350 g/mol. The summed E-state index contributed by atoms with van der Waals surface area (Å²) in [6, 6.07) is 21.4. The quantitative estimate of drug-likeness (QED) is 0.803. The molecule has 2 fully saturated rings. The Morgan fingerprint density at radius 3 is 2.46 bits per heavy atom. The first kappa shape index (κ1) is 17.6. The van der Waals surface area contributed by atoms with Gasteiger partial charge in [-0.3, -0.25) is 0 Å². The largest absolute Gasteiger partial charge is 0.380 e. The van der Waals surface area contributed by atoms with Gasteiger partial charge in [-0.15, -0.1) is 0 Å². The average molecular weight is 351 g/mol. The van der Waals surface area contributed by atoms with Gasteiger partial charge in [0.25, 0.3) is 0 Å². The van der Waals surface area contributed by atoms with Crippen molar-refractivity contribution in [3.8, 4) is 0 Å². The van der Waals surface area contributed by atoms with Crippen molar-refractivity contribution < 1.29 is 4.74 Å². The summed E-state index contributed by atoms with van der Waals surface area (Å²) in [4.78, 5) is 2.60. The standard InChI is InChI=1S/C23H30N2O/c1-3-8-20(9-4-1)12-16-25-15-7-17-26-22(19-25)18-23(13-14-23)24-21-10-5-2-6-11-21/h1-6,8-11,22,24H,7,12-19H2/t22-/m0/s1. The zero-order chi connectivity index (χ0) is 17.7. The summed E-state index contributed by atoms with van der Waals surface area (Å²) >= 11 is 0. The van der Waals surface area contributed by atoms with E-state index in [4.69, 9.17) is 4.74 Å². The molecule has 0 radical (unpaired) electrons. The van der Waals surface area contributed by atoms with Gasteiger partial charge >= 0.3 is 0 Å². The minimum atomic E-state index is 0.251. The van der Waals surface area contributed by atoms with Crippen molar-refractivity contribution >= 4 is 5.69 Å². The Morgan fingerprint density at radius 1 is 1.00 bits per heavy atom. The molecule has 0 bridgehead atoms. The second kappa shape index (κ2) is 8.24. The molecule has 1 N–H and O–H groups in total. The van der Waals surface area contributed by atoms with E-state index in [1.54, 1.807) is 0 Å². The van der Waals surface area contributed by atoms with E-state index in [9.17, 15) is 0 Å². The molecule has 0 spiro atoms. The van der Waals surface area contributed by atoms with E-state index >= 15 is 0 Å². The van der Waals surface area contributed by atoms with Crippen molar-refractivity contribution in [1.82, 2.24) is 4.90 Å². The molecule has 3 nitrogen and oxygen atoms in total. The molecular weight excluding hydrogens is 320 g/mol. The van der Waals surface area contributed by atoms with Gasteiger partial charge < -0.3 is 15.0 Å². The van der Waals surface area contributed by atoms with Gasteiger partial charge in [-0.2, -0.15) is 0 Å². The smallest absolute Gasteiger partial charge is 0.0724 e. The lowest BCUT2D eigenvalue weighted by Crippen LogP contribution is -2.37. The maximum absolute atomic E-state index is 6.22. The van der Waals surface area contributed by atoms with Crippen LogP contribution < -0.4 is 5.32 Å². The Balaban J connectivity index is 1.31. The lowest BCUT2D eigenvalue weighted by molar-refractivity contribution is 0.0436. The molecule has 0 unspecified atom stereocenters. The highest BCUT2D eigenvalue weighted by molar-refractivity contribution is 5.47. The number of hydrogen-bond donors (Lipinski definition) is 1. The Labute approximate surface area is 157 Å². The summed E-state index contributed by atoms with van der Waals surface area (Å²) in [6.45, 7) is 4.24. The normalized spacial score (nSPS) is 22.5. The Kier molecular flexibility index (Phi) is 5.57. The Hall–Kier alpha value is -1.84. The highest BCUT2D eigenvalue weighted by Crippen LogP contribution is 2.43. The van der Waals surface area contributed by atoms with E-state index in [-0.39, 0.29) is 5.54 Å². The van der Waals surface area contributed by atoms with Gasteiger partial charge in [0.15, 0.2) is 0 Å². The number of benzene rings is 2. The summed E-state index contributed by atoms with van der Waals surface area (Å²) in [7, 11) is 0. The lowest BCUT2D eigenvalue weighted by Gasteiger charge is -2.28. The molecule has 1 aliphatic carbocycles. The van der Waals surface area contributed by atoms with Crippen molar-refractivity contribution in [2.24, 2.45) is 0 Å². The summed E-state index contributed by atoms with van der Waals surface area (Å²) in [6.07, 6.45) is 6.24. The van der Waals surface area contributed by atoms with Crippen LogP contribution in [0.3, 0.4) is 0 Å². The average Bonchev–Trinajstić information content (AvgIpc) is 3.46. The second-order valence-electron chi connectivity index (χ2n) is 7.86. The molecule has 2 aliphatic rings. The van der Waals surface area contributed by atoms with E-state index in [2.05, 4.69) is 70.9 Å². The number of nitrogens with zero attached hydrogens (tertiary/aromatic N) is 1. The fraction of sp³-hybridized carbons (Fsp3) is 0.478. The summed E-state index contributed by atoms with van der Waals surface area (Å²) < 4.78 is 6.22. The highest BCUT2D eigenvalue weighted by atomic mass is 16.5. The number of ether oxygens (including phenoxy) is 1. The zero-order valence-corrected chi connectivity index (χ0v) is 15.6. The third-order valence-electron chi connectivity index (χ3n) is 5.65. The summed E-state index contributed by atoms with van der Waals surface area (Å²) in [5, 5.41) is 3.77. The zero-order valence-electron chi connectivity index (χ0n) is 15.6. The van der Waals surface area contributed by atoms with Crippen LogP contribution >= 0.6 is 0 Å². The van der Waals surface area contributed by atoms with Crippen LogP contribution in [0.2, 0.25) is 0 Å². The van der Waals surface area contributed by atoms with Gasteiger partial charge in [-0.25, -0.2) is 0 Å². The van der Waals surface area contributed by atoms with Gasteiger partial charge in [-0.05, 0) is 49.8 Å². The molecule has 1 aliphatic heterocycles. The predicted octanol–water partition coefficient (Wildman–Crippen LogP) is 4.35. The van der Waals surface area contributed by atoms with Crippen LogP contribution in [0.5, 0.6) is 0 Å². The maximum Gasteiger partial charge on any atom is 0.0724 e. The molecule has 1 heterocycles. The fourth-order valence-corrected chi connectivity index (χ4v) is 4.02. The molecule has 0 aromatic heterocycles. The molecular formula is C23H30N2O. The first-order valence-corrected chi connectivity index (χ1v) is 10.0. The van der Waals surface area contributed by atoms with E-state index < -0.39 is 0 Å². The molecule has 1 atom stereocenters. The van der Waals surface area contributed by atoms with Crippen molar-refractivity contribution in [3.05, 3.63) is 66.2 Å². The van der Waals surface area contributed by atoms with Crippen LogP contribution in [0.15, 0.2) is 60.7 Å². The number of nitrogens with one attached hydrogen (secondary N) is 1. The van der Waals surface area contributed by atoms with E-state index in [0.717, 1.165) is 45.5 Å². The molecule has 3 heteroatoms. The van der Waals surface area contributed by atoms with Gasteiger partial charge in [0.05, 0.1) is 6.10 Å². The van der Waals surface area contributed by atoms with Crippen LogP contribution in [0, 0.1) is 0 Å². The number of hydrogen-bond acceptors (Lipinski definition) is 3. The van der Waals surface area contributed by atoms with Crippen LogP contribution in [0.4, 0.5) is 5.69 Å². The topological polar surface area (TPSA) is 24.5 Å². The minimum absolute atomic E-state index is 0.251. The van der Waals surface area contributed by atoms with Crippen molar-refractivity contribution in [3.63, 3.8) is 0 Å². The number of para-hydroxylation sites is 1. The van der Waals surface area contributed by atoms with Gasteiger partial charge in [-0.1, -0.05) is 48.5 Å². The summed E-state index contributed by atoms with van der Waals surface area (Å²) in [5.41, 5.74) is 2.92. The van der Waals surface area contributed by atoms with Gasteiger partial charge in [0, 0.05) is 37.5 Å². The molecule has 26 heavy (non-hydrogen) atoms. The third-order valence-corrected chi connectivity index (χ3v) is 5.65. The first-order chi connectivity index (χ1) is 12.8. The molecule has 2 aromatic rings. The number of anilines is 1. The van der Waals surface area contributed by atoms with E-state index in [1.165, 1.54) is 24.1 Å². The van der Waals surface area contributed by atoms with Crippen molar-refractivity contribution in [2.75, 3.05) is 31.6 Å². The summed E-state index contributed by atoms with van der Waals surface area (Å²) in [5.74, 6) is 0. The number of rotatable bonds is 7. The minimum Gasteiger partial charge on any atom is -0.380 e. The molecule has 138 valence electrons. The Morgan fingerprint density at radius 2 is 1.73 bits per heavy atom. The first-order valence-electron chi connectivity index (χ1n) is 10.0. The SMILES string of the molecule is c1ccc(CCN2CCCO[C@@H](CC3(Nc4ccccc4)CC3)C2)cc1. The molecule has 1 saturated carbocycles. The molecule has 0 amide bonds. The maximum atomic E-state index is 6.22. The Bertz CT molecular complexity index is 669. The molecule has 1 saturated heterocycles. The van der Waals surface area contributed by atoms with E-state index in [0.29, 0.717) is 6.10 Å². The van der Waals surface area contributed by atoms with Gasteiger partial charge in [0.1, 0.15) is 0 Å². The van der Waals surface area contributed by atoms with Crippen molar-refractivity contribution in [1.29, 1.82) is 0 Å². The van der Waals surface area contributed by atoms with Crippen LogP contribution in [0.1, 0.15) is 31.2 Å². The van der Waals surface area contributed by atoms with Crippen molar-refractivity contribution in [2.45, 2.75) is 43.7 Å². The highest BCUT2D eigenvalue weighted by Gasteiger charge is 2.44. The predicted molar refractivity (Wildman–Crippen MR) is 108 cm³/mol. The molecule has 4 rings (SSSR count). The fourth-order valence-electron chi connectivity index (χ4n) is 4.02.